The number of carbonyl (C=O) groups excluding carboxylic acids is 1. The van der Waals surface area contributed by atoms with Crippen molar-refractivity contribution in [2.45, 2.75) is 19.3 Å². The first-order chi connectivity index (χ1) is 9.15. The van der Waals surface area contributed by atoms with Gasteiger partial charge in [0.1, 0.15) is 0 Å². The molecule has 19 heavy (non-hydrogen) atoms. The Labute approximate surface area is 119 Å². The van der Waals surface area contributed by atoms with E-state index < -0.39 is 0 Å². The minimum Gasteiger partial charge on any atom is -0.381 e. The van der Waals surface area contributed by atoms with Crippen molar-refractivity contribution in [1.29, 1.82) is 0 Å². The monoisotopic (exact) mass is 281 g/mol. The maximum atomic E-state index is 12.1. The molecule has 1 heterocycles. The Balaban J connectivity index is 1.83. The number of benzene rings is 1. The molecule has 0 bridgehead atoms. The normalized spacial score (nSPS) is 16.3. The fourth-order valence-electron chi connectivity index (χ4n) is 2.33. The smallest absolute Gasteiger partial charge is 0.226 e. The number of carbonyl (C=O) groups is 1. The van der Waals surface area contributed by atoms with Crippen LogP contribution in [-0.4, -0.2) is 37.6 Å². The summed E-state index contributed by atoms with van der Waals surface area (Å²) < 4.78 is 5.33. The zero-order chi connectivity index (χ0) is 13.7. The molecule has 0 unspecified atom stereocenters. The van der Waals surface area contributed by atoms with Gasteiger partial charge in [-0.15, -0.1) is 0 Å². The van der Waals surface area contributed by atoms with Crippen LogP contribution in [0.5, 0.6) is 0 Å². The van der Waals surface area contributed by atoms with Gasteiger partial charge in [-0.2, -0.15) is 0 Å². The molecule has 1 saturated heterocycles. The van der Waals surface area contributed by atoms with Gasteiger partial charge < -0.3 is 9.64 Å². The Morgan fingerprint density at radius 2 is 1.95 bits per heavy atom. The van der Waals surface area contributed by atoms with Crippen LogP contribution < -0.4 is 0 Å². The van der Waals surface area contributed by atoms with Crippen molar-refractivity contribution in [1.82, 2.24) is 4.90 Å². The van der Waals surface area contributed by atoms with Crippen molar-refractivity contribution in [3.63, 3.8) is 0 Å². The van der Waals surface area contributed by atoms with Crippen molar-refractivity contribution in [2.75, 3.05) is 26.8 Å². The zero-order valence-corrected chi connectivity index (χ0v) is 12.0. The van der Waals surface area contributed by atoms with E-state index in [1.807, 2.05) is 36.2 Å². The number of ether oxygens (including phenoxy) is 1. The Hall–Kier alpha value is -1.06. The van der Waals surface area contributed by atoms with Crippen LogP contribution in [0, 0.1) is 5.92 Å². The third-order valence-electron chi connectivity index (χ3n) is 3.57. The van der Waals surface area contributed by atoms with Crippen LogP contribution in [-0.2, 0) is 16.0 Å². The number of amides is 1. The number of halogens is 1. The summed E-state index contributed by atoms with van der Waals surface area (Å²) in [6.45, 7) is 2.48. The van der Waals surface area contributed by atoms with Crippen LogP contribution in [0.2, 0.25) is 5.02 Å². The van der Waals surface area contributed by atoms with Crippen LogP contribution in [0.4, 0.5) is 0 Å². The van der Waals surface area contributed by atoms with Gasteiger partial charge in [-0.25, -0.2) is 0 Å². The van der Waals surface area contributed by atoms with Gasteiger partial charge >= 0.3 is 0 Å². The van der Waals surface area contributed by atoms with Gasteiger partial charge in [-0.3, -0.25) is 4.79 Å². The van der Waals surface area contributed by atoms with Gasteiger partial charge in [-0.1, -0.05) is 23.7 Å². The summed E-state index contributed by atoms with van der Waals surface area (Å²) in [4.78, 5) is 14.0. The zero-order valence-electron chi connectivity index (χ0n) is 11.3. The molecule has 0 aliphatic carbocycles. The Morgan fingerprint density at radius 1 is 1.32 bits per heavy atom. The molecule has 104 valence electrons. The Morgan fingerprint density at radius 3 is 2.58 bits per heavy atom. The number of likely N-dealkylation sites (N-methyl/N-ethyl adjacent to an activating group) is 1. The molecule has 3 nitrogen and oxygen atoms in total. The van der Waals surface area contributed by atoms with Crippen LogP contribution in [0.1, 0.15) is 18.4 Å². The molecule has 4 heteroatoms. The molecule has 1 aromatic carbocycles. The van der Waals surface area contributed by atoms with E-state index in [0.717, 1.165) is 38.2 Å². The topological polar surface area (TPSA) is 29.5 Å². The van der Waals surface area contributed by atoms with Crippen LogP contribution >= 0.6 is 11.6 Å². The predicted octanol–water partition coefficient (Wildman–Crippen LogP) is 2.77. The van der Waals surface area contributed by atoms with E-state index in [4.69, 9.17) is 16.3 Å². The van der Waals surface area contributed by atoms with Crippen molar-refractivity contribution in [2.24, 2.45) is 5.92 Å². The minimum absolute atomic E-state index is 0.161. The molecule has 1 fully saturated rings. The summed E-state index contributed by atoms with van der Waals surface area (Å²) >= 11 is 5.83. The fraction of sp³-hybridized carbons (Fsp3) is 0.533. The van der Waals surface area contributed by atoms with E-state index in [2.05, 4.69) is 0 Å². The highest BCUT2D eigenvalue weighted by atomic mass is 35.5. The number of hydrogen-bond acceptors (Lipinski definition) is 2. The maximum absolute atomic E-state index is 12.1. The summed E-state index contributed by atoms with van der Waals surface area (Å²) in [5.41, 5.74) is 1.01. The maximum Gasteiger partial charge on any atom is 0.226 e. The van der Waals surface area contributed by atoms with Crippen LogP contribution in [0.3, 0.4) is 0 Å². The third-order valence-corrected chi connectivity index (χ3v) is 3.82. The van der Waals surface area contributed by atoms with Gasteiger partial charge in [0, 0.05) is 31.8 Å². The number of hydrogen-bond donors (Lipinski definition) is 0. The molecule has 1 aliphatic heterocycles. The fourth-order valence-corrected chi connectivity index (χ4v) is 2.46. The van der Waals surface area contributed by atoms with Gasteiger partial charge in [0.15, 0.2) is 0 Å². The molecule has 0 radical (unpaired) electrons. The molecular weight excluding hydrogens is 262 g/mol. The number of rotatable bonds is 4. The van der Waals surface area contributed by atoms with E-state index in [0.29, 0.717) is 17.4 Å². The lowest BCUT2D eigenvalue weighted by atomic mass is 9.99. The molecule has 1 aromatic rings. The standard InChI is InChI=1S/C15H20ClNO2/c1-17(11-13-6-8-19-9-7-13)15(18)10-12-2-4-14(16)5-3-12/h2-5,13H,6-11H2,1H3. The average molecular weight is 282 g/mol. The van der Waals surface area contributed by atoms with E-state index in [1.165, 1.54) is 0 Å². The summed E-state index contributed by atoms with van der Waals surface area (Å²) in [5.74, 6) is 0.738. The molecule has 0 saturated carbocycles. The van der Waals surface area contributed by atoms with Crippen LogP contribution in [0.25, 0.3) is 0 Å². The summed E-state index contributed by atoms with van der Waals surface area (Å²) in [6, 6.07) is 7.45. The first kappa shape index (κ1) is 14.4. The minimum atomic E-state index is 0.161. The average Bonchev–Trinajstić information content (AvgIpc) is 2.42. The third kappa shape index (κ3) is 4.51. The highest BCUT2D eigenvalue weighted by molar-refractivity contribution is 6.30. The Bertz CT molecular complexity index is 413. The van der Waals surface area contributed by atoms with Crippen molar-refractivity contribution >= 4 is 17.5 Å². The van der Waals surface area contributed by atoms with E-state index in [9.17, 15) is 4.79 Å². The van der Waals surface area contributed by atoms with Gasteiger partial charge in [-0.05, 0) is 36.5 Å². The van der Waals surface area contributed by atoms with E-state index in [1.54, 1.807) is 0 Å². The molecule has 1 amide bonds. The van der Waals surface area contributed by atoms with Crippen molar-refractivity contribution < 1.29 is 9.53 Å². The highest BCUT2D eigenvalue weighted by Gasteiger charge is 2.18. The summed E-state index contributed by atoms with van der Waals surface area (Å²) in [7, 11) is 1.88. The lowest BCUT2D eigenvalue weighted by Gasteiger charge is -2.27. The van der Waals surface area contributed by atoms with Gasteiger partial charge in [0.25, 0.3) is 0 Å². The van der Waals surface area contributed by atoms with E-state index >= 15 is 0 Å². The quantitative estimate of drug-likeness (QED) is 0.849. The van der Waals surface area contributed by atoms with Crippen molar-refractivity contribution in [3.05, 3.63) is 34.9 Å². The summed E-state index contributed by atoms with van der Waals surface area (Å²) in [5, 5.41) is 0.701. The molecule has 1 aliphatic rings. The molecule has 0 aromatic heterocycles. The van der Waals surface area contributed by atoms with Gasteiger partial charge in [0.05, 0.1) is 6.42 Å². The Kier molecular flexibility index (Phi) is 5.23. The SMILES string of the molecule is CN(CC1CCOCC1)C(=O)Cc1ccc(Cl)cc1. The first-order valence-corrected chi connectivity index (χ1v) is 7.09. The second-order valence-electron chi connectivity index (χ2n) is 5.13. The summed E-state index contributed by atoms with van der Waals surface area (Å²) in [6.07, 6.45) is 2.55. The molecule has 2 rings (SSSR count). The first-order valence-electron chi connectivity index (χ1n) is 6.71. The van der Waals surface area contributed by atoms with E-state index in [-0.39, 0.29) is 5.91 Å². The second kappa shape index (κ2) is 6.92. The van der Waals surface area contributed by atoms with Crippen molar-refractivity contribution in [3.8, 4) is 0 Å². The largest absolute Gasteiger partial charge is 0.381 e. The van der Waals surface area contributed by atoms with Gasteiger partial charge in [0.2, 0.25) is 5.91 Å². The molecule has 0 atom stereocenters. The molecule has 0 N–H and O–H groups in total. The molecule has 0 spiro atoms. The number of nitrogens with zero attached hydrogens (tertiary/aromatic N) is 1. The lowest BCUT2D eigenvalue weighted by molar-refractivity contribution is -0.130. The highest BCUT2D eigenvalue weighted by Crippen LogP contribution is 2.16. The lowest BCUT2D eigenvalue weighted by Crippen LogP contribution is -2.35. The van der Waals surface area contributed by atoms with Crippen LogP contribution in [0.15, 0.2) is 24.3 Å². The predicted molar refractivity (Wildman–Crippen MR) is 76.3 cm³/mol. The second-order valence-corrected chi connectivity index (χ2v) is 5.57. The molecular formula is C15H20ClNO2.